The van der Waals surface area contributed by atoms with Gasteiger partial charge in [0.25, 0.3) is 0 Å². The van der Waals surface area contributed by atoms with Gasteiger partial charge in [-0.3, -0.25) is 0 Å². The molecule has 0 fully saturated rings. The summed E-state index contributed by atoms with van der Waals surface area (Å²) in [5.41, 5.74) is 0. The number of nitrogens with zero attached hydrogens (tertiary/aromatic N) is 2. The van der Waals surface area contributed by atoms with E-state index in [2.05, 4.69) is 46.6 Å². The van der Waals surface area contributed by atoms with Gasteiger partial charge in [-0.1, -0.05) is 31.9 Å². The molecule has 1 heterocycles. The van der Waals surface area contributed by atoms with Crippen molar-refractivity contribution in [2.75, 3.05) is 18.0 Å². The summed E-state index contributed by atoms with van der Waals surface area (Å²) in [4.78, 5) is 6.66. The highest BCUT2D eigenvalue weighted by molar-refractivity contribution is 9.10. The molecule has 0 bridgehead atoms. The first kappa shape index (κ1) is 13.8. The maximum atomic E-state index is 5.89. The lowest BCUT2D eigenvalue weighted by Gasteiger charge is -2.26. The zero-order valence-corrected chi connectivity index (χ0v) is 12.3. The minimum absolute atomic E-state index is 0.662. The first-order chi connectivity index (χ1) is 7.58. The zero-order valence-electron chi connectivity index (χ0n) is 10.0. The highest BCUT2D eigenvalue weighted by atomic mass is 79.9. The lowest BCUT2D eigenvalue weighted by atomic mass is 10.1. The van der Waals surface area contributed by atoms with Crippen LogP contribution in [0.25, 0.3) is 0 Å². The number of pyridine rings is 1. The van der Waals surface area contributed by atoms with E-state index in [1.54, 1.807) is 6.20 Å². The summed E-state index contributed by atoms with van der Waals surface area (Å²) in [5, 5.41) is 0.662. The van der Waals surface area contributed by atoms with Crippen LogP contribution in [0.4, 0.5) is 5.82 Å². The van der Waals surface area contributed by atoms with E-state index < -0.39 is 0 Å². The normalized spacial score (nSPS) is 12.6. The second-order valence-corrected chi connectivity index (χ2v) is 5.30. The molecular weight excluding hydrogens is 288 g/mol. The second-order valence-electron chi connectivity index (χ2n) is 4.01. The van der Waals surface area contributed by atoms with Gasteiger partial charge in [0.1, 0.15) is 5.82 Å². The maximum absolute atomic E-state index is 5.89. The van der Waals surface area contributed by atoms with Crippen LogP contribution >= 0.6 is 27.5 Å². The molecule has 1 aromatic rings. The van der Waals surface area contributed by atoms with Crippen LogP contribution in [0.15, 0.2) is 16.7 Å². The van der Waals surface area contributed by atoms with E-state index >= 15 is 0 Å². The number of hydrogen-bond acceptors (Lipinski definition) is 2. The van der Waals surface area contributed by atoms with Crippen molar-refractivity contribution in [1.82, 2.24) is 4.98 Å². The number of hydrogen-bond donors (Lipinski definition) is 0. The first-order valence-electron chi connectivity index (χ1n) is 5.64. The highest BCUT2D eigenvalue weighted by Gasteiger charge is 2.12. The lowest BCUT2D eigenvalue weighted by Crippen LogP contribution is -2.29. The Kier molecular flexibility index (Phi) is 5.56. The van der Waals surface area contributed by atoms with E-state index in [9.17, 15) is 0 Å². The molecule has 1 aromatic heterocycles. The minimum Gasteiger partial charge on any atom is -0.356 e. The molecule has 1 rings (SSSR count). The third kappa shape index (κ3) is 3.63. The molecule has 4 heteroatoms. The Balaban J connectivity index is 2.86. The fraction of sp³-hybridized carbons (Fsp3) is 0.583. The van der Waals surface area contributed by atoms with Crippen molar-refractivity contribution in [3.8, 4) is 0 Å². The van der Waals surface area contributed by atoms with E-state index in [4.69, 9.17) is 11.6 Å². The Bertz CT molecular complexity index is 344. The molecule has 16 heavy (non-hydrogen) atoms. The predicted molar refractivity (Wildman–Crippen MR) is 74.3 cm³/mol. The van der Waals surface area contributed by atoms with Gasteiger partial charge < -0.3 is 4.90 Å². The van der Waals surface area contributed by atoms with Crippen LogP contribution in [0.5, 0.6) is 0 Å². The molecule has 0 aliphatic heterocycles. The molecule has 90 valence electrons. The van der Waals surface area contributed by atoms with Crippen LogP contribution < -0.4 is 4.90 Å². The third-order valence-corrected chi connectivity index (χ3v) is 3.49. The van der Waals surface area contributed by atoms with E-state index in [0.717, 1.165) is 23.4 Å². The van der Waals surface area contributed by atoms with Crippen molar-refractivity contribution in [3.05, 3.63) is 21.8 Å². The average molecular weight is 306 g/mol. The molecular formula is C12H18BrClN2. The van der Waals surface area contributed by atoms with Gasteiger partial charge in [-0.05, 0) is 34.8 Å². The van der Waals surface area contributed by atoms with E-state index in [1.807, 2.05) is 6.07 Å². The van der Waals surface area contributed by atoms with Crippen molar-refractivity contribution in [2.24, 2.45) is 5.92 Å². The van der Waals surface area contributed by atoms with Crippen molar-refractivity contribution < 1.29 is 0 Å². The Morgan fingerprint density at radius 1 is 1.50 bits per heavy atom. The van der Waals surface area contributed by atoms with Crippen molar-refractivity contribution >= 4 is 33.3 Å². The fourth-order valence-electron chi connectivity index (χ4n) is 1.51. The van der Waals surface area contributed by atoms with E-state index in [1.165, 1.54) is 6.42 Å². The maximum Gasteiger partial charge on any atom is 0.142 e. The standard InChI is InChI=1S/C12H18BrClN2/c1-4-9(3)8-16(5-2)12-11(13)6-10(14)7-15-12/h6-7,9H,4-5,8H2,1-3H3. The topological polar surface area (TPSA) is 16.1 Å². The second kappa shape index (κ2) is 6.45. The van der Waals surface area contributed by atoms with Gasteiger partial charge in [-0.15, -0.1) is 0 Å². The lowest BCUT2D eigenvalue weighted by molar-refractivity contribution is 0.545. The predicted octanol–water partition coefficient (Wildman–Crippen LogP) is 4.37. The van der Waals surface area contributed by atoms with Crippen LogP contribution in [-0.2, 0) is 0 Å². The molecule has 0 amide bonds. The molecule has 0 aromatic carbocycles. The van der Waals surface area contributed by atoms with Gasteiger partial charge in [-0.2, -0.15) is 0 Å². The largest absolute Gasteiger partial charge is 0.356 e. The number of aromatic nitrogens is 1. The summed E-state index contributed by atoms with van der Waals surface area (Å²) in [7, 11) is 0. The Labute approximate surface area is 111 Å². The number of rotatable bonds is 5. The van der Waals surface area contributed by atoms with Crippen molar-refractivity contribution in [1.29, 1.82) is 0 Å². The third-order valence-electron chi connectivity index (χ3n) is 2.70. The summed E-state index contributed by atoms with van der Waals surface area (Å²) in [6.45, 7) is 8.60. The summed E-state index contributed by atoms with van der Waals surface area (Å²) in [5.74, 6) is 1.65. The summed E-state index contributed by atoms with van der Waals surface area (Å²) in [6.07, 6.45) is 2.88. The average Bonchev–Trinajstić information content (AvgIpc) is 2.26. The van der Waals surface area contributed by atoms with Crippen LogP contribution in [0, 0.1) is 5.92 Å². The number of anilines is 1. The van der Waals surface area contributed by atoms with Gasteiger partial charge in [-0.25, -0.2) is 4.98 Å². The molecule has 0 saturated carbocycles. The highest BCUT2D eigenvalue weighted by Crippen LogP contribution is 2.27. The quantitative estimate of drug-likeness (QED) is 0.803. The van der Waals surface area contributed by atoms with Gasteiger partial charge in [0.15, 0.2) is 0 Å². The fourth-order valence-corrected chi connectivity index (χ4v) is 2.40. The van der Waals surface area contributed by atoms with Crippen molar-refractivity contribution in [2.45, 2.75) is 27.2 Å². The van der Waals surface area contributed by atoms with Crippen LogP contribution in [0.3, 0.4) is 0 Å². The molecule has 1 unspecified atom stereocenters. The summed E-state index contributed by atoms with van der Waals surface area (Å²) < 4.78 is 0.963. The monoisotopic (exact) mass is 304 g/mol. The summed E-state index contributed by atoms with van der Waals surface area (Å²) in [6, 6.07) is 1.89. The molecule has 0 radical (unpaired) electrons. The Morgan fingerprint density at radius 2 is 2.19 bits per heavy atom. The van der Waals surface area contributed by atoms with Gasteiger partial charge >= 0.3 is 0 Å². The molecule has 1 atom stereocenters. The smallest absolute Gasteiger partial charge is 0.142 e. The Hall–Kier alpha value is -0.280. The van der Waals surface area contributed by atoms with Gasteiger partial charge in [0.2, 0.25) is 0 Å². The SMILES string of the molecule is CCC(C)CN(CC)c1ncc(Cl)cc1Br. The molecule has 0 aliphatic rings. The van der Waals surface area contributed by atoms with Crippen LogP contribution in [0.1, 0.15) is 27.2 Å². The van der Waals surface area contributed by atoms with Crippen LogP contribution in [0.2, 0.25) is 5.02 Å². The zero-order chi connectivity index (χ0) is 12.1. The Morgan fingerprint density at radius 3 is 2.69 bits per heavy atom. The van der Waals surface area contributed by atoms with E-state index in [-0.39, 0.29) is 0 Å². The summed E-state index contributed by atoms with van der Waals surface area (Å²) >= 11 is 9.40. The molecule has 2 nitrogen and oxygen atoms in total. The molecule has 0 aliphatic carbocycles. The molecule has 0 saturated heterocycles. The molecule has 0 N–H and O–H groups in total. The van der Waals surface area contributed by atoms with Crippen LogP contribution in [-0.4, -0.2) is 18.1 Å². The van der Waals surface area contributed by atoms with Gasteiger partial charge in [0, 0.05) is 19.3 Å². The minimum atomic E-state index is 0.662. The number of halogens is 2. The molecule has 0 spiro atoms. The van der Waals surface area contributed by atoms with Gasteiger partial charge in [0.05, 0.1) is 9.50 Å². The van der Waals surface area contributed by atoms with Crippen molar-refractivity contribution in [3.63, 3.8) is 0 Å². The first-order valence-corrected chi connectivity index (χ1v) is 6.81. The van der Waals surface area contributed by atoms with E-state index in [0.29, 0.717) is 10.9 Å².